The smallest absolute Gasteiger partial charge is 0.227 e. The first-order valence-corrected chi connectivity index (χ1v) is 16.4. The molecule has 0 spiro atoms. The van der Waals surface area contributed by atoms with E-state index in [0.717, 1.165) is 66.5 Å². The second-order valence-electron chi connectivity index (χ2n) is 12.4. The maximum absolute atomic E-state index is 6.33. The highest BCUT2D eigenvalue weighted by atomic mass is 16.3. The van der Waals surface area contributed by atoms with Crippen LogP contribution in [0.2, 0.25) is 0 Å². The minimum Gasteiger partial charge on any atom is -0.456 e. The van der Waals surface area contributed by atoms with E-state index in [9.17, 15) is 0 Å². The molecule has 0 aliphatic carbocycles. The molecule has 0 aliphatic rings. The Bertz CT molecular complexity index is 2830. The highest BCUT2D eigenvalue weighted by molar-refractivity contribution is 6.13. The van der Waals surface area contributed by atoms with Crippen LogP contribution in [0, 0.1) is 0 Å². The summed E-state index contributed by atoms with van der Waals surface area (Å²) >= 11 is 0. The minimum absolute atomic E-state index is 0.653. The quantitative estimate of drug-likeness (QED) is 0.190. The second-order valence-corrected chi connectivity index (χ2v) is 12.4. The molecule has 7 aromatic carbocycles. The van der Waals surface area contributed by atoms with Gasteiger partial charge in [-0.05, 0) is 88.1 Å². The van der Waals surface area contributed by atoms with E-state index in [0.29, 0.717) is 5.71 Å². The van der Waals surface area contributed by atoms with Crippen molar-refractivity contribution >= 4 is 71.8 Å². The van der Waals surface area contributed by atoms with Gasteiger partial charge < -0.3 is 13.7 Å². The Kier molecular flexibility index (Phi) is 6.15. The molecule has 0 saturated heterocycles. The monoisotopic (exact) mass is 628 g/mol. The summed E-state index contributed by atoms with van der Waals surface area (Å²) in [5.74, 6) is 0. The number of anilines is 3. The van der Waals surface area contributed by atoms with Crippen molar-refractivity contribution < 1.29 is 8.83 Å². The molecule has 0 unspecified atom stereocenters. The van der Waals surface area contributed by atoms with E-state index in [1.54, 1.807) is 6.20 Å². The van der Waals surface area contributed by atoms with Gasteiger partial charge in [-0.1, -0.05) is 103 Å². The molecule has 0 fully saturated rings. The molecule has 0 aliphatic heterocycles. The Labute approximate surface area is 282 Å². The lowest BCUT2D eigenvalue weighted by Gasteiger charge is -2.26. The van der Waals surface area contributed by atoms with Gasteiger partial charge in [0, 0.05) is 39.3 Å². The summed E-state index contributed by atoms with van der Waals surface area (Å²) in [6, 6.07) is 57.6. The maximum atomic E-state index is 6.33. The Morgan fingerprint density at radius 1 is 0.449 bits per heavy atom. The number of benzene rings is 7. The SMILES string of the molecule is c1ccc2cc(-c3ccc(N(c4ccc(-c5cccc6c5oc5ncccc56)cc4)c4cccc5oc6ccccc6c45)cc3)ccc2c1. The zero-order chi connectivity index (χ0) is 32.3. The van der Waals surface area contributed by atoms with Crippen molar-refractivity contribution in [3.05, 3.63) is 170 Å². The number of furan rings is 2. The van der Waals surface area contributed by atoms with E-state index in [4.69, 9.17) is 8.83 Å². The van der Waals surface area contributed by atoms with Gasteiger partial charge in [0.15, 0.2) is 0 Å². The zero-order valence-corrected chi connectivity index (χ0v) is 26.4. The molecule has 3 heterocycles. The summed E-state index contributed by atoms with van der Waals surface area (Å²) < 4.78 is 12.6. The van der Waals surface area contributed by atoms with Crippen LogP contribution in [0.25, 0.3) is 77.0 Å². The largest absolute Gasteiger partial charge is 0.456 e. The molecule has 0 atom stereocenters. The average Bonchev–Trinajstić information content (AvgIpc) is 3.74. The predicted molar refractivity (Wildman–Crippen MR) is 202 cm³/mol. The van der Waals surface area contributed by atoms with Crippen LogP contribution in [-0.4, -0.2) is 4.98 Å². The van der Waals surface area contributed by atoms with Crippen molar-refractivity contribution in [1.82, 2.24) is 4.98 Å². The second kappa shape index (κ2) is 11.0. The Morgan fingerprint density at radius 3 is 1.98 bits per heavy atom. The number of hydrogen-bond donors (Lipinski definition) is 0. The first-order chi connectivity index (χ1) is 24.3. The van der Waals surface area contributed by atoms with Crippen LogP contribution in [0.3, 0.4) is 0 Å². The van der Waals surface area contributed by atoms with Crippen LogP contribution < -0.4 is 4.90 Å². The van der Waals surface area contributed by atoms with Crippen molar-refractivity contribution in [2.75, 3.05) is 4.90 Å². The van der Waals surface area contributed by atoms with Gasteiger partial charge in [0.05, 0.1) is 11.1 Å². The fraction of sp³-hybridized carbons (Fsp3) is 0. The lowest BCUT2D eigenvalue weighted by molar-refractivity contribution is 0.655. The molecule has 0 bridgehead atoms. The van der Waals surface area contributed by atoms with Crippen molar-refractivity contribution in [3.8, 4) is 22.3 Å². The number of nitrogens with zero attached hydrogens (tertiary/aromatic N) is 2. The molecule has 3 aromatic heterocycles. The Hall–Kier alpha value is -6.65. The molecule has 0 amide bonds. The highest BCUT2D eigenvalue weighted by Gasteiger charge is 2.20. The summed E-state index contributed by atoms with van der Waals surface area (Å²) in [6.07, 6.45) is 1.77. The molecule has 49 heavy (non-hydrogen) atoms. The van der Waals surface area contributed by atoms with Crippen LogP contribution in [0.1, 0.15) is 0 Å². The van der Waals surface area contributed by atoms with Crippen LogP contribution in [0.15, 0.2) is 179 Å². The fourth-order valence-corrected chi connectivity index (χ4v) is 7.19. The number of para-hydroxylation sites is 2. The average molecular weight is 629 g/mol. The van der Waals surface area contributed by atoms with Gasteiger partial charge in [0.1, 0.15) is 16.7 Å². The lowest BCUT2D eigenvalue weighted by atomic mass is 10.00. The maximum Gasteiger partial charge on any atom is 0.227 e. The van der Waals surface area contributed by atoms with E-state index in [2.05, 4.69) is 149 Å². The summed E-state index contributed by atoms with van der Waals surface area (Å²) in [6.45, 7) is 0. The van der Waals surface area contributed by atoms with E-state index in [-0.39, 0.29) is 0 Å². The number of pyridine rings is 1. The van der Waals surface area contributed by atoms with Crippen molar-refractivity contribution in [2.45, 2.75) is 0 Å². The van der Waals surface area contributed by atoms with Crippen molar-refractivity contribution in [2.24, 2.45) is 0 Å². The van der Waals surface area contributed by atoms with E-state index >= 15 is 0 Å². The highest BCUT2D eigenvalue weighted by Crippen LogP contribution is 2.44. The summed E-state index contributed by atoms with van der Waals surface area (Å²) in [5, 5.41) is 6.74. The molecule has 10 aromatic rings. The zero-order valence-electron chi connectivity index (χ0n) is 26.4. The summed E-state index contributed by atoms with van der Waals surface area (Å²) in [5.41, 5.74) is 10.9. The topological polar surface area (TPSA) is 42.4 Å². The van der Waals surface area contributed by atoms with Crippen LogP contribution in [-0.2, 0) is 0 Å². The summed E-state index contributed by atoms with van der Waals surface area (Å²) in [7, 11) is 0. The van der Waals surface area contributed by atoms with Crippen LogP contribution in [0.5, 0.6) is 0 Å². The van der Waals surface area contributed by atoms with Gasteiger partial charge in [-0.25, -0.2) is 4.98 Å². The third kappa shape index (κ3) is 4.49. The number of aromatic nitrogens is 1. The van der Waals surface area contributed by atoms with Gasteiger partial charge in [0.2, 0.25) is 5.71 Å². The third-order valence-electron chi connectivity index (χ3n) is 9.54. The van der Waals surface area contributed by atoms with Gasteiger partial charge in [-0.2, -0.15) is 0 Å². The molecule has 0 radical (unpaired) electrons. The molecule has 0 N–H and O–H groups in total. The van der Waals surface area contributed by atoms with Gasteiger partial charge in [0.25, 0.3) is 0 Å². The van der Waals surface area contributed by atoms with Crippen molar-refractivity contribution in [1.29, 1.82) is 0 Å². The van der Waals surface area contributed by atoms with Gasteiger partial charge >= 0.3 is 0 Å². The summed E-state index contributed by atoms with van der Waals surface area (Å²) in [4.78, 5) is 6.78. The van der Waals surface area contributed by atoms with Crippen LogP contribution in [0.4, 0.5) is 17.1 Å². The molecular formula is C45H28N2O2. The number of rotatable bonds is 5. The molecule has 0 saturated carbocycles. The molecule has 4 heteroatoms. The first kappa shape index (κ1) is 27.5. The van der Waals surface area contributed by atoms with Crippen molar-refractivity contribution in [3.63, 3.8) is 0 Å². The van der Waals surface area contributed by atoms with E-state index in [1.807, 2.05) is 24.3 Å². The standard InChI is InChI=1S/C45H28N2O2/c1-2-9-32-28-33(18-17-29(32)8-1)30-19-23-34(24-20-30)47(40-14-6-16-42-43(40)39-10-3-4-15-41(39)48-42)35-25-21-31(22-26-35)36-11-5-12-37-38-13-7-27-46-45(38)49-44(36)37/h1-28H. The Balaban J connectivity index is 1.12. The number of fused-ring (bicyclic) bond motifs is 7. The van der Waals surface area contributed by atoms with Gasteiger partial charge in [-0.15, -0.1) is 0 Å². The molecule has 10 rings (SSSR count). The van der Waals surface area contributed by atoms with Gasteiger partial charge in [-0.3, -0.25) is 0 Å². The van der Waals surface area contributed by atoms with E-state index < -0.39 is 0 Å². The van der Waals surface area contributed by atoms with E-state index in [1.165, 1.54) is 21.9 Å². The lowest BCUT2D eigenvalue weighted by Crippen LogP contribution is -2.10. The van der Waals surface area contributed by atoms with Crippen LogP contribution >= 0.6 is 0 Å². The fourth-order valence-electron chi connectivity index (χ4n) is 7.19. The normalized spacial score (nSPS) is 11.7. The Morgan fingerprint density at radius 2 is 1.12 bits per heavy atom. The first-order valence-electron chi connectivity index (χ1n) is 16.4. The molecule has 4 nitrogen and oxygen atoms in total. The predicted octanol–water partition coefficient (Wildman–Crippen LogP) is 12.8. The minimum atomic E-state index is 0.653. The molecular weight excluding hydrogens is 601 g/mol. The number of hydrogen-bond acceptors (Lipinski definition) is 4. The molecule has 230 valence electrons. The third-order valence-corrected chi connectivity index (χ3v) is 9.54.